The van der Waals surface area contributed by atoms with E-state index in [0.29, 0.717) is 19.6 Å². The van der Waals surface area contributed by atoms with Gasteiger partial charge < -0.3 is 9.84 Å². The minimum absolute atomic E-state index is 0.0689. The molecule has 1 N–H and O–H groups in total. The third-order valence-electron chi connectivity index (χ3n) is 2.93. The number of ether oxygens (including phenoxy) is 1. The number of carboxylic acid groups (broad SMARTS) is 1. The third kappa shape index (κ3) is 1.33. The monoisotopic (exact) mass is 172 g/mol. The topological polar surface area (TPSA) is 46.5 Å². The highest BCUT2D eigenvalue weighted by molar-refractivity contribution is 5.71. The molecule has 12 heavy (non-hydrogen) atoms. The van der Waals surface area contributed by atoms with Crippen LogP contribution in [0.25, 0.3) is 0 Å². The maximum absolute atomic E-state index is 10.9. The van der Waals surface area contributed by atoms with Gasteiger partial charge in [0, 0.05) is 5.41 Å². The molecule has 0 aromatic rings. The summed E-state index contributed by atoms with van der Waals surface area (Å²) in [5.74, 6) is -0.904. The summed E-state index contributed by atoms with van der Waals surface area (Å²) >= 11 is 0. The zero-order valence-electron chi connectivity index (χ0n) is 7.67. The predicted molar refractivity (Wildman–Crippen MR) is 45.0 cm³/mol. The molecule has 1 aliphatic heterocycles. The Morgan fingerprint density at radius 2 is 2.17 bits per heavy atom. The summed E-state index contributed by atoms with van der Waals surface area (Å²) in [6.45, 7) is 5.20. The summed E-state index contributed by atoms with van der Waals surface area (Å²) in [6.07, 6.45) is 1.60. The molecule has 0 aliphatic carbocycles. The standard InChI is InChI=1S/C9H16O3/c1-3-7(8(10)11)9(4-2)5-12-6-9/h7H,3-6H2,1-2H3,(H,10,11). The first-order valence-corrected chi connectivity index (χ1v) is 4.47. The molecule has 0 aromatic heterocycles. The molecule has 0 amide bonds. The Hall–Kier alpha value is -0.570. The summed E-state index contributed by atoms with van der Waals surface area (Å²) in [6, 6.07) is 0. The molecule has 1 unspecified atom stereocenters. The molecule has 1 heterocycles. The average molecular weight is 172 g/mol. The van der Waals surface area contributed by atoms with Crippen LogP contribution in [0.4, 0.5) is 0 Å². The molecule has 0 radical (unpaired) electrons. The Morgan fingerprint density at radius 1 is 1.58 bits per heavy atom. The highest BCUT2D eigenvalue weighted by Gasteiger charge is 2.46. The average Bonchev–Trinajstić information content (AvgIpc) is 1.95. The second-order valence-electron chi connectivity index (χ2n) is 3.51. The van der Waals surface area contributed by atoms with Crippen molar-refractivity contribution in [1.82, 2.24) is 0 Å². The highest BCUT2D eigenvalue weighted by Crippen LogP contribution is 2.40. The summed E-state index contributed by atoms with van der Waals surface area (Å²) < 4.78 is 5.10. The Balaban J connectivity index is 2.68. The molecule has 0 saturated carbocycles. The molecular formula is C9H16O3. The lowest BCUT2D eigenvalue weighted by molar-refractivity contribution is -0.177. The summed E-state index contributed by atoms with van der Waals surface area (Å²) in [7, 11) is 0. The lowest BCUT2D eigenvalue weighted by Crippen LogP contribution is -2.50. The van der Waals surface area contributed by atoms with Crippen molar-refractivity contribution >= 4 is 5.97 Å². The van der Waals surface area contributed by atoms with Gasteiger partial charge in [0.1, 0.15) is 0 Å². The number of carbonyl (C=O) groups is 1. The summed E-state index contributed by atoms with van der Waals surface area (Å²) in [5, 5.41) is 8.95. The highest BCUT2D eigenvalue weighted by atomic mass is 16.5. The van der Waals surface area contributed by atoms with Gasteiger partial charge in [-0.2, -0.15) is 0 Å². The van der Waals surface area contributed by atoms with Gasteiger partial charge in [-0.1, -0.05) is 13.8 Å². The van der Waals surface area contributed by atoms with E-state index in [-0.39, 0.29) is 11.3 Å². The number of hydrogen-bond donors (Lipinski definition) is 1. The van der Waals surface area contributed by atoms with Crippen LogP contribution < -0.4 is 0 Å². The molecule has 1 atom stereocenters. The molecule has 0 spiro atoms. The fourth-order valence-electron chi connectivity index (χ4n) is 1.89. The number of carboxylic acids is 1. The lowest BCUT2D eigenvalue weighted by Gasteiger charge is -2.44. The zero-order chi connectivity index (χ0) is 9.19. The van der Waals surface area contributed by atoms with Crippen molar-refractivity contribution in [2.75, 3.05) is 13.2 Å². The minimum Gasteiger partial charge on any atom is -0.481 e. The molecule has 1 rings (SSSR count). The second-order valence-corrected chi connectivity index (χ2v) is 3.51. The minimum atomic E-state index is -0.678. The van der Waals surface area contributed by atoms with Crippen molar-refractivity contribution < 1.29 is 14.6 Å². The maximum Gasteiger partial charge on any atom is 0.307 e. The van der Waals surface area contributed by atoms with Crippen molar-refractivity contribution in [2.24, 2.45) is 11.3 Å². The van der Waals surface area contributed by atoms with Crippen LogP contribution in [0, 0.1) is 11.3 Å². The van der Waals surface area contributed by atoms with Crippen LogP contribution in [0.15, 0.2) is 0 Å². The quantitative estimate of drug-likeness (QED) is 0.699. The fraction of sp³-hybridized carbons (Fsp3) is 0.889. The molecular weight excluding hydrogens is 156 g/mol. The first kappa shape index (κ1) is 9.52. The largest absolute Gasteiger partial charge is 0.481 e. The second kappa shape index (κ2) is 3.44. The van der Waals surface area contributed by atoms with Gasteiger partial charge >= 0.3 is 5.97 Å². The molecule has 3 nitrogen and oxygen atoms in total. The maximum atomic E-state index is 10.9. The van der Waals surface area contributed by atoms with Crippen molar-refractivity contribution in [2.45, 2.75) is 26.7 Å². The Morgan fingerprint density at radius 3 is 2.25 bits per heavy atom. The van der Waals surface area contributed by atoms with Crippen LogP contribution >= 0.6 is 0 Å². The Labute approximate surface area is 72.7 Å². The van der Waals surface area contributed by atoms with Gasteiger partial charge in [-0.15, -0.1) is 0 Å². The van der Waals surface area contributed by atoms with Crippen molar-refractivity contribution in [1.29, 1.82) is 0 Å². The van der Waals surface area contributed by atoms with Gasteiger partial charge in [-0.3, -0.25) is 4.79 Å². The van der Waals surface area contributed by atoms with Crippen molar-refractivity contribution in [3.63, 3.8) is 0 Å². The van der Waals surface area contributed by atoms with Crippen LogP contribution in [0.5, 0.6) is 0 Å². The van der Waals surface area contributed by atoms with Gasteiger partial charge in [0.2, 0.25) is 0 Å². The van der Waals surface area contributed by atoms with Gasteiger partial charge in [0.15, 0.2) is 0 Å². The van der Waals surface area contributed by atoms with Crippen molar-refractivity contribution in [3.05, 3.63) is 0 Å². The molecule has 1 fully saturated rings. The van der Waals surface area contributed by atoms with Gasteiger partial charge in [0.05, 0.1) is 19.1 Å². The molecule has 0 aromatic carbocycles. The SMILES string of the molecule is CCC(C(=O)O)C1(CC)COC1. The van der Waals surface area contributed by atoms with Crippen LogP contribution in [-0.2, 0) is 9.53 Å². The van der Waals surface area contributed by atoms with Crippen LogP contribution in [-0.4, -0.2) is 24.3 Å². The van der Waals surface area contributed by atoms with Gasteiger partial charge in [-0.05, 0) is 12.8 Å². The first-order valence-electron chi connectivity index (χ1n) is 4.47. The van der Waals surface area contributed by atoms with Crippen LogP contribution in [0.1, 0.15) is 26.7 Å². The predicted octanol–water partition coefficient (Wildman–Crippen LogP) is 1.52. The van der Waals surface area contributed by atoms with Gasteiger partial charge in [-0.25, -0.2) is 0 Å². The van der Waals surface area contributed by atoms with E-state index >= 15 is 0 Å². The Kier molecular flexibility index (Phi) is 2.73. The molecule has 3 heteroatoms. The van der Waals surface area contributed by atoms with E-state index < -0.39 is 5.97 Å². The molecule has 70 valence electrons. The van der Waals surface area contributed by atoms with Crippen molar-refractivity contribution in [3.8, 4) is 0 Å². The van der Waals surface area contributed by atoms with Gasteiger partial charge in [0.25, 0.3) is 0 Å². The van der Waals surface area contributed by atoms with E-state index in [1.165, 1.54) is 0 Å². The normalized spacial score (nSPS) is 22.8. The van der Waals surface area contributed by atoms with E-state index in [1.54, 1.807) is 0 Å². The smallest absolute Gasteiger partial charge is 0.307 e. The fourth-order valence-corrected chi connectivity index (χ4v) is 1.89. The van der Waals surface area contributed by atoms with Crippen LogP contribution in [0.2, 0.25) is 0 Å². The zero-order valence-corrected chi connectivity index (χ0v) is 7.67. The molecule has 0 bridgehead atoms. The molecule has 1 saturated heterocycles. The van der Waals surface area contributed by atoms with E-state index in [4.69, 9.17) is 9.84 Å². The number of hydrogen-bond acceptors (Lipinski definition) is 2. The number of rotatable bonds is 4. The van der Waals surface area contributed by atoms with E-state index in [1.807, 2.05) is 13.8 Å². The van der Waals surface area contributed by atoms with E-state index in [9.17, 15) is 4.79 Å². The summed E-state index contributed by atoms with van der Waals surface area (Å²) in [5.41, 5.74) is -0.0689. The first-order chi connectivity index (χ1) is 5.66. The lowest BCUT2D eigenvalue weighted by atomic mass is 9.70. The Bertz CT molecular complexity index is 167. The van der Waals surface area contributed by atoms with E-state index in [0.717, 1.165) is 6.42 Å². The van der Waals surface area contributed by atoms with Crippen LogP contribution in [0.3, 0.4) is 0 Å². The number of aliphatic carboxylic acids is 1. The van der Waals surface area contributed by atoms with E-state index in [2.05, 4.69) is 0 Å². The molecule has 1 aliphatic rings. The summed E-state index contributed by atoms with van der Waals surface area (Å²) in [4.78, 5) is 10.9. The third-order valence-corrected chi connectivity index (χ3v) is 2.93.